The lowest BCUT2D eigenvalue weighted by atomic mass is 10.2. The molecule has 1 amide bonds. The SMILES string of the molecule is COc1cc(OC)c(NC(C)C(=O)Nc2c(C)nn(C)c2C)cc1Cl. The molecule has 0 fully saturated rings. The van der Waals surface area contributed by atoms with E-state index in [2.05, 4.69) is 15.7 Å². The van der Waals surface area contributed by atoms with Gasteiger partial charge < -0.3 is 20.1 Å². The van der Waals surface area contributed by atoms with Gasteiger partial charge in [-0.3, -0.25) is 9.48 Å². The Morgan fingerprint density at radius 2 is 1.88 bits per heavy atom. The van der Waals surface area contributed by atoms with Crippen LogP contribution in [0.15, 0.2) is 12.1 Å². The summed E-state index contributed by atoms with van der Waals surface area (Å²) in [6.45, 7) is 5.51. The Bertz CT molecular complexity index is 789. The molecule has 0 spiro atoms. The fourth-order valence-corrected chi connectivity index (χ4v) is 2.70. The number of amides is 1. The molecule has 25 heavy (non-hydrogen) atoms. The topological polar surface area (TPSA) is 77.4 Å². The van der Waals surface area contributed by atoms with E-state index in [1.165, 1.54) is 7.11 Å². The van der Waals surface area contributed by atoms with E-state index in [4.69, 9.17) is 21.1 Å². The number of aromatic nitrogens is 2. The Balaban J connectivity index is 2.17. The third kappa shape index (κ3) is 3.99. The molecular weight excluding hydrogens is 344 g/mol. The van der Waals surface area contributed by atoms with E-state index in [0.717, 1.165) is 17.1 Å². The summed E-state index contributed by atoms with van der Waals surface area (Å²) >= 11 is 6.16. The lowest BCUT2D eigenvalue weighted by Crippen LogP contribution is -2.32. The van der Waals surface area contributed by atoms with Gasteiger partial charge in [0.15, 0.2) is 0 Å². The lowest BCUT2D eigenvalue weighted by molar-refractivity contribution is -0.116. The van der Waals surface area contributed by atoms with Crippen molar-refractivity contribution >= 4 is 28.9 Å². The van der Waals surface area contributed by atoms with Gasteiger partial charge in [-0.2, -0.15) is 5.10 Å². The number of ether oxygens (including phenoxy) is 2. The maximum Gasteiger partial charge on any atom is 0.246 e. The van der Waals surface area contributed by atoms with Crippen LogP contribution in [0.5, 0.6) is 11.5 Å². The number of aryl methyl sites for hydroxylation is 2. The van der Waals surface area contributed by atoms with Crippen LogP contribution in [0.25, 0.3) is 0 Å². The predicted octanol–water partition coefficient (Wildman–Crippen LogP) is 3.15. The van der Waals surface area contributed by atoms with Crippen molar-refractivity contribution in [1.82, 2.24) is 9.78 Å². The summed E-state index contributed by atoms with van der Waals surface area (Å²) in [5.41, 5.74) is 2.99. The number of rotatable bonds is 6. The summed E-state index contributed by atoms with van der Waals surface area (Å²) in [5.74, 6) is 0.852. The maximum absolute atomic E-state index is 12.5. The van der Waals surface area contributed by atoms with Crippen LogP contribution in [0, 0.1) is 13.8 Å². The van der Waals surface area contributed by atoms with Crippen LogP contribution in [0.1, 0.15) is 18.3 Å². The highest BCUT2D eigenvalue weighted by Gasteiger charge is 2.19. The fourth-order valence-electron chi connectivity index (χ4n) is 2.46. The molecule has 2 N–H and O–H groups in total. The highest BCUT2D eigenvalue weighted by atomic mass is 35.5. The third-order valence-electron chi connectivity index (χ3n) is 4.00. The first-order chi connectivity index (χ1) is 11.8. The number of anilines is 2. The molecule has 0 bridgehead atoms. The first-order valence-corrected chi connectivity index (χ1v) is 8.15. The van der Waals surface area contributed by atoms with Gasteiger partial charge in [-0.15, -0.1) is 0 Å². The zero-order valence-corrected chi connectivity index (χ0v) is 16.0. The maximum atomic E-state index is 12.5. The van der Waals surface area contributed by atoms with Crippen LogP contribution < -0.4 is 20.1 Å². The molecule has 1 heterocycles. The van der Waals surface area contributed by atoms with E-state index in [1.54, 1.807) is 30.8 Å². The average molecular weight is 367 g/mol. The van der Waals surface area contributed by atoms with Crippen molar-refractivity contribution in [2.24, 2.45) is 7.05 Å². The minimum absolute atomic E-state index is 0.187. The largest absolute Gasteiger partial charge is 0.495 e. The van der Waals surface area contributed by atoms with Gasteiger partial charge in [0.1, 0.15) is 17.5 Å². The molecule has 7 nitrogen and oxygen atoms in total. The van der Waals surface area contributed by atoms with Crippen LogP contribution >= 0.6 is 11.6 Å². The molecule has 1 unspecified atom stereocenters. The first kappa shape index (κ1) is 18.9. The molecule has 1 aromatic heterocycles. The second-order valence-electron chi connectivity index (χ2n) is 5.71. The summed E-state index contributed by atoms with van der Waals surface area (Å²) in [4.78, 5) is 12.5. The number of nitrogens with one attached hydrogen (secondary N) is 2. The van der Waals surface area contributed by atoms with Crippen molar-refractivity contribution < 1.29 is 14.3 Å². The molecule has 136 valence electrons. The quantitative estimate of drug-likeness (QED) is 0.821. The van der Waals surface area contributed by atoms with Crippen molar-refractivity contribution in [2.75, 3.05) is 24.9 Å². The number of benzene rings is 1. The average Bonchev–Trinajstić information content (AvgIpc) is 2.81. The summed E-state index contributed by atoms with van der Waals surface area (Å²) in [7, 11) is 4.91. The van der Waals surface area contributed by atoms with E-state index in [0.29, 0.717) is 22.2 Å². The minimum atomic E-state index is -0.516. The van der Waals surface area contributed by atoms with Crippen LogP contribution in [-0.2, 0) is 11.8 Å². The Morgan fingerprint density at radius 3 is 2.40 bits per heavy atom. The Labute approximate surface area is 152 Å². The van der Waals surface area contributed by atoms with Crippen LogP contribution in [-0.4, -0.2) is 35.9 Å². The van der Waals surface area contributed by atoms with Gasteiger partial charge in [-0.25, -0.2) is 0 Å². The monoisotopic (exact) mass is 366 g/mol. The molecular formula is C17H23ClN4O3. The molecule has 8 heteroatoms. The molecule has 0 radical (unpaired) electrons. The number of carbonyl (C=O) groups is 1. The van der Waals surface area contributed by atoms with E-state index in [9.17, 15) is 4.79 Å². The molecule has 0 aliphatic carbocycles. The van der Waals surface area contributed by atoms with Crippen molar-refractivity contribution in [3.8, 4) is 11.5 Å². The zero-order valence-electron chi connectivity index (χ0n) is 15.2. The molecule has 2 aromatic rings. The lowest BCUT2D eigenvalue weighted by Gasteiger charge is -2.18. The minimum Gasteiger partial charge on any atom is -0.495 e. The summed E-state index contributed by atoms with van der Waals surface area (Å²) in [5, 5.41) is 10.7. The normalized spacial score (nSPS) is 11.8. The van der Waals surface area contributed by atoms with Gasteiger partial charge in [0.2, 0.25) is 5.91 Å². The molecule has 0 aliphatic rings. The van der Waals surface area contributed by atoms with Crippen molar-refractivity contribution in [1.29, 1.82) is 0 Å². The number of halogens is 1. The van der Waals surface area contributed by atoms with Crippen molar-refractivity contribution in [3.63, 3.8) is 0 Å². The molecule has 0 saturated carbocycles. The van der Waals surface area contributed by atoms with Crippen LogP contribution in [0.4, 0.5) is 11.4 Å². The molecule has 2 rings (SSSR count). The van der Waals surface area contributed by atoms with Gasteiger partial charge in [-0.05, 0) is 26.8 Å². The first-order valence-electron chi connectivity index (χ1n) is 7.77. The Morgan fingerprint density at radius 1 is 1.24 bits per heavy atom. The number of hydrogen-bond acceptors (Lipinski definition) is 5. The molecule has 1 atom stereocenters. The number of carbonyl (C=O) groups excluding carboxylic acids is 1. The highest BCUT2D eigenvalue weighted by Crippen LogP contribution is 2.36. The molecule has 1 aromatic carbocycles. The van der Waals surface area contributed by atoms with E-state index < -0.39 is 6.04 Å². The van der Waals surface area contributed by atoms with Gasteiger partial charge in [0, 0.05) is 13.1 Å². The zero-order chi connectivity index (χ0) is 18.7. The smallest absolute Gasteiger partial charge is 0.246 e. The Kier molecular flexibility index (Phi) is 5.79. The van der Waals surface area contributed by atoms with E-state index in [-0.39, 0.29) is 5.91 Å². The number of methoxy groups -OCH3 is 2. The second-order valence-corrected chi connectivity index (χ2v) is 6.12. The van der Waals surface area contributed by atoms with Crippen LogP contribution in [0.2, 0.25) is 5.02 Å². The number of hydrogen-bond donors (Lipinski definition) is 2. The van der Waals surface area contributed by atoms with Gasteiger partial charge in [-0.1, -0.05) is 11.6 Å². The van der Waals surface area contributed by atoms with E-state index >= 15 is 0 Å². The second kappa shape index (κ2) is 7.65. The van der Waals surface area contributed by atoms with Gasteiger partial charge in [0.25, 0.3) is 0 Å². The molecule has 0 saturated heterocycles. The van der Waals surface area contributed by atoms with Crippen LogP contribution in [0.3, 0.4) is 0 Å². The van der Waals surface area contributed by atoms with Crippen molar-refractivity contribution in [2.45, 2.75) is 26.8 Å². The standard InChI is InChI=1S/C17H23ClN4O3/c1-9-16(11(3)22(4)21-9)20-17(23)10(2)19-13-7-12(18)14(24-5)8-15(13)25-6/h7-8,10,19H,1-6H3,(H,20,23). The Hall–Kier alpha value is -2.41. The summed E-state index contributed by atoms with van der Waals surface area (Å²) < 4.78 is 12.2. The fraction of sp³-hybridized carbons (Fsp3) is 0.412. The summed E-state index contributed by atoms with van der Waals surface area (Å²) in [6, 6.07) is 2.83. The van der Waals surface area contributed by atoms with Crippen molar-refractivity contribution in [3.05, 3.63) is 28.5 Å². The third-order valence-corrected chi connectivity index (χ3v) is 4.29. The summed E-state index contributed by atoms with van der Waals surface area (Å²) in [6.07, 6.45) is 0. The van der Waals surface area contributed by atoms with E-state index in [1.807, 2.05) is 20.9 Å². The van der Waals surface area contributed by atoms with Gasteiger partial charge >= 0.3 is 0 Å². The highest BCUT2D eigenvalue weighted by molar-refractivity contribution is 6.32. The number of nitrogens with zero attached hydrogens (tertiary/aromatic N) is 2. The molecule has 0 aliphatic heterocycles. The van der Waals surface area contributed by atoms with Gasteiger partial charge in [0.05, 0.1) is 42.0 Å². The predicted molar refractivity (Wildman–Crippen MR) is 99.0 cm³/mol.